The van der Waals surface area contributed by atoms with Gasteiger partial charge in [-0.3, -0.25) is 9.08 Å². The van der Waals surface area contributed by atoms with Gasteiger partial charge in [0.1, 0.15) is 6.61 Å². The first-order valence-corrected chi connectivity index (χ1v) is 11.4. The van der Waals surface area contributed by atoms with Crippen LogP contribution in [0, 0.1) is 0 Å². The summed E-state index contributed by atoms with van der Waals surface area (Å²) >= 11 is 0. The summed E-state index contributed by atoms with van der Waals surface area (Å²) in [5.74, 6) is 0. The number of likely N-dealkylation sites (tertiary alicyclic amines) is 1. The smallest absolute Gasteiger partial charge is 0.410 e. The number of hydrogen-bond acceptors (Lipinski definition) is 7. The number of hydrogen-bond donors (Lipinski definition) is 1. The van der Waals surface area contributed by atoms with Crippen molar-refractivity contribution in [2.45, 2.75) is 25.5 Å². The summed E-state index contributed by atoms with van der Waals surface area (Å²) in [6, 6.07) is -0.486. The minimum absolute atomic E-state index is 0.0193. The minimum Gasteiger partial charge on any atom is -0.445 e. The van der Waals surface area contributed by atoms with Crippen LogP contribution in [-0.4, -0.2) is 84.3 Å². The predicted molar refractivity (Wildman–Crippen MR) is 101 cm³/mol. The second-order valence-corrected chi connectivity index (χ2v) is 9.80. The molecule has 0 aromatic carbocycles. The zero-order chi connectivity index (χ0) is 20.8. The molecule has 0 bridgehead atoms. The van der Waals surface area contributed by atoms with Gasteiger partial charge >= 0.3 is 6.09 Å². The van der Waals surface area contributed by atoms with Crippen molar-refractivity contribution in [2.24, 2.45) is 0 Å². The van der Waals surface area contributed by atoms with Crippen molar-refractivity contribution < 1.29 is 30.6 Å². The molecule has 27 heavy (non-hydrogen) atoms. The van der Waals surface area contributed by atoms with Crippen molar-refractivity contribution in [3.05, 3.63) is 24.3 Å². The van der Waals surface area contributed by atoms with E-state index in [4.69, 9.17) is 8.92 Å². The first-order valence-electron chi connectivity index (χ1n) is 8.14. The van der Waals surface area contributed by atoms with E-state index in [-0.39, 0.29) is 26.1 Å². The molecular weight excluding hydrogens is 398 g/mol. The summed E-state index contributed by atoms with van der Waals surface area (Å²) in [4.78, 5) is 13.6. The Hall–Kier alpha value is -1.47. The molecule has 0 aliphatic carbocycles. The largest absolute Gasteiger partial charge is 0.445 e. The van der Waals surface area contributed by atoms with Crippen molar-refractivity contribution in [2.75, 3.05) is 40.0 Å². The Morgan fingerprint density at radius 3 is 2.52 bits per heavy atom. The molecule has 1 amide bonds. The molecule has 0 aromatic rings. The summed E-state index contributed by atoms with van der Waals surface area (Å²) < 4.78 is 59.7. The zero-order valence-electron chi connectivity index (χ0n) is 15.9. The third-order valence-electron chi connectivity index (χ3n) is 3.79. The number of carbonyl (C=O) groups is 1. The SMILES string of the molecule is C=CCOC(=O)N1C[C@H](OS(C)(=O)=O)C[C@H]1C=C(C)CN(C)S(=O)(=O)NC. The van der Waals surface area contributed by atoms with Crippen LogP contribution >= 0.6 is 0 Å². The zero-order valence-corrected chi connectivity index (χ0v) is 17.5. The summed E-state index contributed by atoms with van der Waals surface area (Å²) in [5.41, 5.74) is 0.683. The number of nitrogens with one attached hydrogen (secondary N) is 1. The molecule has 1 fully saturated rings. The number of nitrogens with zero attached hydrogens (tertiary/aromatic N) is 2. The molecule has 0 unspecified atom stereocenters. The Balaban J connectivity index is 2.96. The first kappa shape index (κ1) is 23.6. The maximum atomic E-state index is 12.2. The van der Waals surface area contributed by atoms with Crippen LogP contribution in [0.25, 0.3) is 0 Å². The topological polar surface area (TPSA) is 122 Å². The van der Waals surface area contributed by atoms with Crippen LogP contribution in [-0.2, 0) is 29.2 Å². The van der Waals surface area contributed by atoms with Crippen LogP contribution in [0.1, 0.15) is 13.3 Å². The van der Waals surface area contributed by atoms with E-state index in [1.54, 1.807) is 13.0 Å². The number of likely N-dealkylation sites (N-methyl/N-ethyl adjacent to an activating group) is 1. The monoisotopic (exact) mass is 425 g/mol. The predicted octanol–water partition coefficient (Wildman–Crippen LogP) is 0.0704. The van der Waals surface area contributed by atoms with Gasteiger partial charge in [0.05, 0.1) is 24.9 Å². The molecule has 1 aliphatic rings. The molecule has 2 atom stereocenters. The van der Waals surface area contributed by atoms with Gasteiger partial charge in [0.2, 0.25) is 0 Å². The number of ether oxygens (including phenoxy) is 1. The molecule has 156 valence electrons. The van der Waals surface area contributed by atoms with Gasteiger partial charge in [-0.1, -0.05) is 24.3 Å². The maximum absolute atomic E-state index is 12.2. The second kappa shape index (κ2) is 9.64. The van der Waals surface area contributed by atoms with Gasteiger partial charge in [-0.2, -0.15) is 21.1 Å². The van der Waals surface area contributed by atoms with Gasteiger partial charge in [-0.15, -0.1) is 0 Å². The van der Waals surface area contributed by atoms with Crippen molar-refractivity contribution in [3.8, 4) is 0 Å². The maximum Gasteiger partial charge on any atom is 0.410 e. The van der Waals surface area contributed by atoms with Crippen LogP contribution < -0.4 is 4.72 Å². The fraction of sp³-hybridized carbons (Fsp3) is 0.667. The lowest BCUT2D eigenvalue weighted by molar-refractivity contribution is 0.109. The third kappa shape index (κ3) is 7.58. The molecule has 1 heterocycles. The summed E-state index contributed by atoms with van der Waals surface area (Å²) in [6.45, 7) is 5.36. The standard InChI is InChI=1S/C15H27N3O7S2/c1-6-7-24-15(19)18-11-14(25-26(5,20)21)9-13(18)8-12(2)10-17(4)27(22,23)16-3/h6,8,13-14,16H,1,7,9-11H2,2-5H3/t13-,14-/m1/s1. The van der Waals surface area contributed by atoms with Crippen molar-refractivity contribution in [1.29, 1.82) is 0 Å². The normalized spacial score (nSPS) is 21.5. The Bertz CT molecular complexity index is 777. The van der Waals surface area contributed by atoms with Crippen LogP contribution in [0.15, 0.2) is 24.3 Å². The van der Waals surface area contributed by atoms with Gasteiger partial charge in [0.15, 0.2) is 0 Å². The number of rotatable bonds is 9. The molecule has 0 aromatic heterocycles. The fourth-order valence-corrected chi connectivity index (χ4v) is 4.02. The Labute approximate surface area is 161 Å². The Kier molecular flexibility index (Phi) is 8.42. The van der Waals surface area contributed by atoms with Gasteiger partial charge in [-0.25, -0.2) is 9.52 Å². The molecule has 1 saturated heterocycles. The molecule has 1 aliphatic heterocycles. The molecule has 10 nitrogen and oxygen atoms in total. The molecule has 12 heteroatoms. The molecular formula is C15H27N3O7S2. The average Bonchev–Trinajstić information content (AvgIpc) is 2.92. The van der Waals surface area contributed by atoms with Crippen molar-refractivity contribution >= 4 is 26.4 Å². The van der Waals surface area contributed by atoms with E-state index in [0.29, 0.717) is 5.57 Å². The number of amides is 1. The highest BCUT2D eigenvalue weighted by molar-refractivity contribution is 7.87. The molecule has 0 spiro atoms. The molecule has 1 rings (SSSR count). The Morgan fingerprint density at radius 1 is 1.37 bits per heavy atom. The van der Waals surface area contributed by atoms with E-state index in [1.807, 2.05) is 0 Å². The van der Waals surface area contributed by atoms with Crippen LogP contribution in [0.3, 0.4) is 0 Å². The van der Waals surface area contributed by atoms with Gasteiger partial charge in [-0.05, 0) is 6.92 Å². The highest BCUT2D eigenvalue weighted by Gasteiger charge is 2.37. The summed E-state index contributed by atoms with van der Waals surface area (Å²) in [7, 11) is -4.53. The van der Waals surface area contributed by atoms with Crippen LogP contribution in [0.2, 0.25) is 0 Å². The lowest BCUT2D eigenvalue weighted by atomic mass is 10.1. The van der Waals surface area contributed by atoms with Crippen molar-refractivity contribution in [3.63, 3.8) is 0 Å². The minimum atomic E-state index is -3.68. The van der Waals surface area contributed by atoms with E-state index in [1.165, 1.54) is 25.1 Å². The fourth-order valence-electron chi connectivity index (χ4n) is 2.70. The van der Waals surface area contributed by atoms with E-state index in [2.05, 4.69) is 11.3 Å². The second-order valence-electron chi connectivity index (χ2n) is 6.22. The third-order valence-corrected chi connectivity index (χ3v) is 5.88. The average molecular weight is 426 g/mol. The van der Waals surface area contributed by atoms with Gasteiger partial charge < -0.3 is 4.74 Å². The molecule has 0 saturated carbocycles. The van der Waals surface area contributed by atoms with Gasteiger partial charge in [0.25, 0.3) is 20.3 Å². The van der Waals surface area contributed by atoms with Crippen molar-refractivity contribution in [1.82, 2.24) is 13.9 Å². The lowest BCUT2D eigenvalue weighted by Crippen LogP contribution is -2.38. The van der Waals surface area contributed by atoms with E-state index < -0.39 is 38.6 Å². The Morgan fingerprint density at radius 2 is 2.00 bits per heavy atom. The highest BCUT2D eigenvalue weighted by Crippen LogP contribution is 2.24. The van der Waals surface area contributed by atoms with E-state index in [0.717, 1.165) is 10.6 Å². The van der Waals surface area contributed by atoms with Crippen LogP contribution in [0.5, 0.6) is 0 Å². The lowest BCUT2D eigenvalue weighted by Gasteiger charge is -2.22. The quantitative estimate of drug-likeness (QED) is 0.410. The summed E-state index contributed by atoms with van der Waals surface area (Å²) in [6.07, 6.45) is 2.99. The van der Waals surface area contributed by atoms with Gasteiger partial charge in [0, 0.05) is 27.1 Å². The highest BCUT2D eigenvalue weighted by atomic mass is 32.2. The molecule has 1 N–H and O–H groups in total. The van der Waals surface area contributed by atoms with E-state index >= 15 is 0 Å². The first-order chi connectivity index (χ1) is 12.4. The number of carbonyl (C=O) groups excluding carboxylic acids is 1. The van der Waals surface area contributed by atoms with E-state index in [9.17, 15) is 21.6 Å². The van der Waals surface area contributed by atoms with Crippen LogP contribution in [0.4, 0.5) is 4.79 Å². The molecule has 0 radical (unpaired) electrons. The summed E-state index contributed by atoms with van der Waals surface area (Å²) in [5, 5.41) is 0.